The molecule has 0 amide bonds. The first kappa shape index (κ1) is 14.3. The SMILES string of the molecule is CC(C)(C)OC(=O)n1c(-c2ccccc2)cc2cccnc21. The molecule has 112 valence electrons. The van der Waals surface area contributed by atoms with Crippen molar-refractivity contribution in [3.8, 4) is 11.3 Å². The van der Waals surface area contributed by atoms with Crippen LogP contribution in [0.2, 0.25) is 0 Å². The Balaban J connectivity index is 2.20. The Morgan fingerprint density at radius 2 is 1.82 bits per heavy atom. The molecule has 0 saturated carbocycles. The van der Waals surface area contributed by atoms with Gasteiger partial charge in [0.25, 0.3) is 0 Å². The van der Waals surface area contributed by atoms with Gasteiger partial charge in [0.2, 0.25) is 0 Å². The molecule has 2 heterocycles. The molecule has 0 aliphatic rings. The van der Waals surface area contributed by atoms with E-state index in [-0.39, 0.29) is 0 Å². The summed E-state index contributed by atoms with van der Waals surface area (Å²) in [5.74, 6) is 0. The summed E-state index contributed by atoms with van der Waals surface area (Å²) in [6, 6.07) is 15.5. The highest BCUT2D eigenvalue weighted by Gasteiger charge is 2.23. The third-order valence-corrected chi connectivity index (χ3v) is 3.21. The van der Waals surface area contributed by atoms with Gasteiger partial charge in [0.1, 0.15) is 11.2 Å². The van der Waals surface area contributed by atoms with Crippen LogP contribution in [0.5, 0.6) is 0 Å². The fraction of sp³-hybridized carbons (Fsp3) is 0.222. The Labute approximate surface area is 129 Å². The summed E-state index contributed by atoms with van der Waals surface area (Å²) >= 11 is 0. The van der Waals surface area contributed by atoms with Gasteiger partial charge in [-0.1, -0.05) is 30.3 Å². The summed E-state index contributed by atoms with van der Waals surface area (Å²) in [7, 11) is 0. The van der Waals surface area contributed by atoms with Crippen molar-refractivity contribution in [1.29, 1.82) is 0 Å². The molecule has 22 heavy (non-hydrogen) atoms. The standard InChI is InChI=1S/C18H18N2O2/c1-18(2,3)22-17(21)20-15(13-8-5-4-6-9-13)12-14-10-7-11-19-16(14)20/h4-12H,1-3H3. The summed E-state index contributed by atoms with van der Waals surface area (Å²) in [4.78, 5) is 17.0. The lowest BCUT2D eigenvalue weighted by molar-refractivity contribution is 0.0546. The van der Waals surface area contributed by atoms with Gasteiger partial charge < -0.3 is 4.74 Å². The Bertz CT molecular complexity index is 814. The second kappa shape index (κ2) is 5.30. The normalized spacial score (nSPS) is 11.6. The van der Waals surface area contributed by atoms with Crippen molar-refractivity contribution in [3.05, 3.63) is 54.7 Å². The summed E-state index contributed by atoms with van der Waals surface area (Å²) in [6.07, 6.45) is 1.26. The number of hydrogen-bond donors (Lipinski definition) is 0. The van der Waals surface area contributed by atoms with Crippen LogP contribution in [0.25, 0.3) is 22.3 Å². The lowest BCUT2D eigenvalue weighted by Crippen LogP contribution is -2.27. The van der Waals surface area contributed by atoms with Crippen LogP contribution in [0.1, 0.15) is 20.8 Å². The van der Waals surface area contributed by atoms with Crippen LogP contribution in [-0.4, -0.2) is 21.2 Å². The smallest absolute Gasteiger partial charge is 0.420 e. The van der Waals surface area contributed by atoms with Crippen molar-refractivity contribution in [2.45, 2.75) is 26.4 Å². The molecular formula is C18H18N2O2. The van der Waals surface area contributed by atoms with Crippen LogP contribution >= 0.6 is 0 Å². The van der Waals surface area contributed by atoms with Gasteiger partial charge in [-0.15, -0.1) is 0 Å². The first-order valence-electron chi connectivity index (χ1n) is 7.21. The number of rotatable bonds is 1. The Morgan fingerprint density at radius 1 is 1.09 bits per heavy atom. The highest BCUT2D eigenvalue weighted by molar-refractivity contribution is 5.94. The molecule has 0 bridgehead atoms. The highest BCUT2D eigenvalue weighted by Crippen LogP contribution is 2.28. The number of benzene rings is 1. The molecule has 0 aliphatic heterocycles. The Kier molecular flexibility index (Phi) is 3.45. The number of carbonyl (C=O) groups excluding carboxylic acids is 1. The van der Waals surface area contributed by atoms with E-state index < -0.39 is 11.7 Å². The zero-order valence-electron chi connectivity index (χ0n) is 12.9. The van der Waals surface area contributed by atoms with Crippen molar-refractivity contribution in [2.75, 3.05) is 0 Å². The zero-order chi connectivity index (χ0) is 15.7. The van der Waals surface area contributed by atoms with Crippen molar-refractivity contribution >= 4 is 17.1 Å². The van der Waals surface area contributed by atoms with E-state index in [0.29, 0.717) is 5.65 Å². The van der Waals surface area contributed by atoms with E-state index in [2.05, 4.69) is 4.98 Å². The van der Waals surface area contributed by atoms with E-state index in [1.54, 1.807) is 6.20 Å². The first-order valence-corrected chi connectivity index (χ1v) is 7.21. The lowest BCUT2D eigenvalue weighted by Gasteiger charge is -2.20. The quantitative estimate of drug-likeness (QED) is 0.664. The zero-order valence-corrected chi connectivity index (χ0v) is 12.9. The third kappa shape index (κ3) is 2.72. The number of aromatic nitrogens is 2. The molecule has 0 saturated heterocycles. The van der Waals surface area contributed by atoms with E-state index in [4.69, 9.17) is 4.74 Å². The van der Waals surface area contributed by atoms with Gasteiger partial charge in [0.05, 0.1) is 5.69 Å². The predicted molar refractivity (Wildman–Crippen MR) is 86.8 cm³/mol. The van der Waals surface area contributed by atoms with E-state index in [9.17, 15) is 4.79 Å². The van der Waals surface area contributed by atoms with E-state index >= 15 is 0 Å². The second-order valence-corrected chi connectivity index (χ2v) is 6.13. The molecule has 0 fully saturated rings. The van der Waals surface area contributed by atoms with Crippen LogP contribution in [0.4, 0.5) is 4.79 Å². The lowest BCUT2D eigenvalue weighted by atomic mass is 10.1. The average Bonchev–Trinajstić information content (AvgIpc) is 2.86. The van der Waals surface area contributed by atoms with Gasteiger partial charge in [0.15, 0.2) is 0 Å². The topological polar surface area (TPSA) is 44.1 Å². The molecule has 1 aromatic carbocycles. The van der Waals surface area contributed by atoms with Gasteiger partial charge in [-0.25, -0.2) is 14.3 Å². The highest BCUT2D eigenvalue weighted by atomic mass is 16.6. The maximum atomic E-state index is 12.6. The summed E-state index contributed by atoms with van der Waals surface area (Å²) in [5, 5.41) is 0.909. The summed E-state index contributed by atoms with van der Waals surface area (Å²) in [5.41, 5.74) is 1.78. The summed E-state index contributed by atoms with van der Waals surface area (Å²) in [6.45, 7) is 5.56. The number of carbonyl (C=O) groups is 1. The number of ether oxygens (including phenoxy) is 1. The van der Waals surface area contributed by atoms with Crippen molar-refractivity contribution < 1.29 is 9.53 Å². The fourth-order valence-electron chi connectivity index (χ4n) is 2.35. The number of fused-ring (bicyclic) bond motifs is 1. The maximum Gasteiger partial charge on any atom is 0.420 e. The molecule has 0 radical (unpaired) electrons. The van der Waals surface area contributed by atoms with Crippen LogP contribution in [-0.2, 0) is 4.74 Å². The van der Waals surface area contributed by atoms with Crippen molar-refractivity contribution in [2.24, 2.45) is 0 Å². The molecule has 4 nitrogen and oxygen atoms in total. The minimum Gasteiger partial charge on any atom is -0.443 e. The first-order chi connectivity index (χ1) is 10.5. The molecule has 3 aromatic rings. The molecule has 2 aromatic heterocycles. The predicted octanol–water partition coefficient (Wildman–Crippen LogP) is 4.49. The molecule has 0 spiro atoms. The molecule has 0 atom stereocenters. The Hall–Kier alpha value is -2.62. The van der Waals surface area contributed by atoms with Gasteiger partial charge in [-0.05, 0) is 44.5 Å². The molecule has 0 aliphatic carbocycles. The number of nitrogens with zero attached hydrogens (tertiary/aromatic N) is 2. The van der Waals surface area contributed by atoms with E-state index in [0.717, 1.165) is 16.6 Å². The minimum absolute atomic E-state index is 0.417. The Morgan fingerprint density at radius 3 is 2.50 bits per heavy atom. The number of hydrogen-bond acceptors (Lipinski definition) is 3. The monoisotopic (exact) mass is 294 g/mol. The second-order valence-electron chi connectivity index (χ2n) is 6.13. The average molecular weight is 294 g/mol. The van der Waals surface area contributed by atoms with Crippen molar-refractivity contribution in [1.82, 2.24) is 9.55 Å². The molecular weight excluding hydrogens is 276 g/mol. The van der Waals surface area contributed by atoms with Gasteiger partial charge in [-0.3, -0.25) is 0 Å². The third-order valence-electron chi connectivity index (χ3n) is 3.21. The fourth-order valence-corrected chi connectivity index (χ4v) is 2.35. The molecule has 4 heteroatoms. The minimum atomic E-state index is -0.559. The van der Waals surface area contributed by atoms with Crippen molar-refractivity contribution in [3.63, 3.8) is 0 Å². The van der Waals surface area contributed by atoms with Gasteiger partial charge >= 0.3 is 6.09 Å². The van der Waals surface area contributed by atoms with Gasteiger partial charge in [0, 0.05) is 11.6 Å². The summed E-state index contributed by atoms with van der Waals surface area (Å²) < 4.78 is 7.07. The van der Waals surface area contributed by atoms with Crippen LogP contribution in [0.3, 0.4) is 0 Å². The van der Waals surface area contributed by atoms with Crippen LogP contribution in [0.15, 0.2) is 54.7 Å². The molecule has 0 N–H and O–H groups in total. The maximum absolute atomic E-state index is 12.6. The van der Waals surface area contributed by atoms with E-state index in [1.807, 2.05) is 69.3 Å². The molecule has 0 unspecified atom stereocenters. The van der Waals surface area contributed by atoms with Crippen LogP contribution < -0.4 is 0 Å². The number of pyridine rings is 1. The molecule has 3 rings (SSSR count). The van der Waals surface area contributed by atoms with Gasteiger partial charge in [-0.2, -0.15) is 0 Å². The largest absolute Gasteiger partial charge is 0.443 e. The van der Waals surface area contributed by atoms with Crippen LogP contribution in [0, 0.1) is 0 Å². The van der Waals surface area contributed by atoms with E-state index in [1.165, 1.54) is 4.57 Å².